The number of hydrogen-bond acceptors (Lipinski definition) is 8. The van der Waals surface area contributed by atoms with E-state index in [9.17, 15) is 28.8 Å². The van der Waals surface area contributed by atoms with Crippen LogP contribution in [0.2, 0.25) is 0 Å². The van der Waals surface area contributed by atoms with Gasteiger partial charge in [0.15, 0.2) is 0 Å². The van der Waals surface area contributed by atoms with Crippen LogP contribution in [0.15, 0.2) is 97.1 Å². The van der Waals surface area contributed by atoms with E-state index in [4.69, 9.17) is 0 Å². The number of nitrogens with one attached hydrogen (secondary N) is 6. The van der Waals surface area contributed by atoms with Crippen LogP contribution in [0, 0.1) is 0 Å². The van der Waals surface area contributed by atoms with Crippen LogP contribution in [-0.4, -0.2) is 57.5 Å². The normalized spacial score (nSPS) is 17.7. The molecule has 0 saturated carbocycles. The number of fused-ring (bicyclic) bond motifs is 4. The number of nitrogens with zero attached hydrogens (tertiary/aromatic N) is 2. The largest absolute Gasteiger partial charge is 0.338 e. The van der Waals surface area contributed by atoms with Gasteiger partial charge in [-0.3, -0.25) is 50.5 Å². The summed E-state index contributed by atoms with van der Waals surface area (Å²) >= 11 is 0. The second-order valence-corrected chi connectivity index (χ2v) is 10.1. The second kappa shape index (κ2) is 14.4. The van der Waals surface area contributed by atoms with Crippen molar-refractivity contribution in [1.29, 1.82) is 0 Å². The van der Waals surface area contributed by atoms with E-state index < -0.39 is 47.5 Å². The van der Waals surface area contributed by atoms with Crippen LogP contribution in [0.5, 0.6) is 0 Å². The van der Waals surface area contributed by atoms with Crippen molar-refractivity contribution in [3.8, 4) is 0 Å². The molecule has 2 aromatic carbocycles. The van der Waals surface area contributed by atoms with Crippen LogP contribution in [0.1, 0.15) is 53.1 Å². The fraction of sp³-hybridized carbons (Fsp3) is 0.125. The zero-order valence-electron chi connectivity index (χ0n) is 24.2. The fourth-order valence-corrected chi connectivity index (χ4v) is 4.50. The lowest BCUT2D eigenvalue weighted by molar-refractivity contribution is -0.124. The monoisotopic (exact) mass is 620 g/mol. The molecule has 0 saturated heterocycles. The van der Waals surface area contributed by atoms with Crippen molar-refractivity contribution in [2.24, 2.45) is 0 Å². The number of benzene rings is 2. The molecule has 0 fully saturated rings. The van der Waals surface area contributed by atoms with Gasteiger partial charge in [-0.25, -0.2) is 9.97 Å². The van der Waals surface area contributed by atoms with Gasteiger partial charge in [0.2, 0.25) is 0 Å². The Hall–Kier alpha value is -6.44. The molecule has 14 heteroatoms. The van der Waals surface area contributed by atoms with E-state index in [1.165, 1.54) is 36.4 Å². The Kier molecular flexibility index (Phi) is 9.67. The molecule has 2 aromatic heterocycles. The quantitative estimate of drug-likeness (QED) is 0.188. The Labute approximate surface area is 262 Å². The summed E-state index contributed by atoms with van der Waals surface area (Å²) in [5.41, 5.74) is 9.68. The third-order valence-electron chi connectivity index (χ3n) is 6.84. The van der Waals surface area contributed by atoms with Crippen molar-refractivity contribution >= 4 is 35.4 Å². The standard InChI is InChI=1S/C32H28N8O6/c41-27-21-13-7-14-22(33-21)28(42)36-26(18-20-11-5-2-6-12-20)32(46)40-38-30(44)24-16-8-15-23(34-24)29(43)37-39-31(45)25(35-27)17-19-9-3-1-4-10-19/h1-16,25-26H,17-18H2,(H,35,41)(H,36,42)(H,37,43)(H,38,44)(H,39,45)(H,40,46). The molecule has 6 amide bonds. The maximum absolute atomic E-state index is 13.3. The van der Waals surface area contributed by atoms with Crippen molar-refractivity contribution in [3.05, 3.63) is 131 Å². The first-order valence-electron chi connectivity index (χ1n) is 14.1. The lowest BCUT2D eigenvalue weighted by Gasteiger charge is -2.20. The molecule has 232 valence electrons. The third-order valence-corrected chi connectivity index (χ3v) is 6.84. The van der Waals surface area contributed by atoms with Crippen LogP contribution in [0.25, 0.3) is 0 Å². The lowest BCUT2D eigenvalue weighted by Crippen LogP contribution is -2.54. The molecule has 4 bridgehead atoms. The van der Waals surface area contributed by atoms with E-state index in [1.807, 2.05) is 0 Å². The second-order valence-electron chi connectivity index (χ2n) is 10.1. The van der Waals surface area contributed by atoms with Crippen LogP contribution >= 0.6 is 0 Å². The zero-order chi connectivity index (χ0) is 32.5. The summed E-state index contributed by atoms with van der Waals surface area (Å²) in [6, 6.07) is 23.6. The molecule has 14 nitrogen and oxygen atoms in total. The fourth-order valence-electron chi connectivity index (χ4n) is 4.50. The molecule has 0 spiro atoms. The highest BCUT2D eigenvalue weighted by atomic mass is 16.2. The predicted molar refractivity (Wildman–Crippen MR) is 162 cm³/mol. The summed E-state index contributed by atoms with van der Waals surface area (Å²) in [7, 11) is 0. The Morgan fingerprint density at radius 3 is 1.13 bits per heavy atom. The zero-order valence-corrected chi connectivity index (χ0v) is 24.2. The average Bonchev–Trinajstić information content (AvgIpc) is 3.09. The van der Waals surface area contributed by atoms with Gasteiger partial charge in [-0.05, 0) is 35.4 Å². The molecule has 1 aliphatic heterocycles. The Bertz CT molecular complexity index is 1660. The maximum Gasteiger partial charge on any atom is 0.288 e. The van der Waals surface area contributed by atoms with Crippen LogP contribution in [-0.2, 0) is 22.4 Å². The Balaban J connectivity index is 1.47. The summed E-state index contributed by atoms with van der Waals surface area (Å²) in [6.45, 7) is 0. The van der Waals surface area contributed by atoms with Crippen LogP contribution < -0.4 is 32.3 Å². The first kappa shape index (κ1) is 31.0. The number of carbonyl (C=O) groups excluding carboxylic acids is 6. The molecule has 5 rings (SSSR count). The van der Waals surface area contributed by atoms with E-state index in [0.29, 0.717) is 11.1 Å². The van der Waals surface area contributed by atoms with Crippen molar-refractivity contribution in [1.82, 2.24) is 42.3 Å². The first-order chi connectivity index (χ1) is 22.3. The van der Waals surface area contributed by atoms with Gasteiger partial charge < -0.3 is 10.6 Å². The highest BCUT2D eigenvalue weighted by Crippen LogP contribution is 2.08. The maximum atomic E-state index is 13.3. The third kappa shape index (κ3) is 7.93. The summed E-state index contributed by atoms with van der Waals surface area (Å²) in [5.74, 6) is -4.72. The van der Waals surface area contributed by atoms with E-state index >= 15 is 0 Å². The predicted octanol–water partition coefficient (Wildman–Crippen LogP) is 0.395. The lowest BCUT2D eigenvalue weighted by atomic mass is 10.0. The molecule has 4 aromatic rings. The average molecular weight is 621 g/mol. The van der Waals surface area contributed by atoms with E-state index in [1.54, 1.807) is 60.7 Å². The Morgan fingerprint density at radius 2 is 0.761 bits per heavy atom. The van der Waals surface area contributed by atoms with Crippen LogP contribution in [0.4, 0.5) is 0 Å². The number of pyridine rings is 2. The molecule has 46 heavy (non-hydrogen) atoms. The number of hydrogen-bond donors (Lipinski definition) is 6. The van der Waals surface area contributed by atoms with Gasteiger partial charge in [0.25, 0.3) is 35.4 Å². The van der Waals surface area contributed by atoms with Gasteiger partial charge in [0, 0.05) is 12.8 Å². The minimum atomic E-state index is -1.18. The molecule has 3 heterocycles. The molecule has 1 aliphatic rings. The first-order valence-corrected chi connectivity index (χ1v) is 14.1. The minimum Gasteiger partial charge on any atom is -0.338 e. The Morgan fingerprint density at radius 1 is 0.413 bits per heavy atom. The van der Waals surface area contributed by atoms with Gasteiger partial charge in [0.1, 0.15) is 34.9 Å². The molecule has 6 N–H and O–H groups in total. The SMILES string of the molecule is O=C1NNC(=O)C(Cc2ccccc2)NC(=O)c2cccc(n2)C(=O)NC(Cc2ccccc2)C(=O)NNC(=O)c2cccc1n2. The molecule has 2 atom stereocenters. The van der Waals surface area contributed by atoms with Crippen molar-refractivity contribution in [3.63, 3.8) is 0 Å². The number of carbonyl (C=O) groups is 6. The van der Waals surface area contributed by atoms with Gasteiger partial charge in [-0.15, -0.1) is 0 Å². The van der Waals surface area contributed by atoms with E-state index in [0.717, 1.165) is 0 Å². The summed E-state index contributed by atoms with van der Waals surface area (Å²) in [6.07, 6.45) is 0.108. The topological polar surface area (TPSA) is 200 Å². The number of aromatic nitrogens is 2. The van der Waals surface area contributed by atoms with Gasteiger partial charge in [-0.1, -0.05) is 72.8 Å². The molecule has 2 unspecified atom stereocenters. The highest BCUT2D eigenvalue weighted by molar-refractivity contribution is 6.01. The summed E-state index contributed by atoms with van der Waals surface area (Å²) < 4.78 is 0. The molecular weight excluding hydrogens is 592 g/mol. The van der Waals surface area contributed by atoms with Crippen LogP contribution in [0.3, 0.4) is 0 Å². The summed E-state index contributed by atoms with van der Waals surface area (Å²) in [4.78, 5) is 86.8. The van der Waals surface area contributed by atoms with E-state index in [2.05, 4.69) is 42.3 Å². The molecule has 0 aliphatic carbocycles. The summed E-state index contributed by atoms with van der Waals surface area (Å²) in [5, 5.41) is 5.21. The van der Waals surface area contributed by atoms with Crippen molar-refractivity contribution in [2.75, 3.05) is 0 Å². The smallest absolute Gasteiger partial charge is 0.288 e. The number of hydrazine groups is 2. The molecular formula is C32H28N8O6. The highest BCUT2D eigenvalue weighted by Gasteiger charge is 2.26. The van der Waals surface area contributed by atoms with Crippen molar-refractivity contribution < 1.29 is 28.8 Å². The molecule has 0 radical (unpaired) electrons. The number of rotatable bonds is 4. The van der Waals surface area contributed by atoms with Gasteiger partial charge in [0.05, 0.1) is 0 Å². The minimum absolute atomic E-state index is 0.0542. The number of amides is 6. The van der Waals surface area contributed by atoms with Gasteiger partial charge in [-0.2, -0.15) is 0 Å². The van der Waals surface area contributed by atoms with Crippen molar-refractivity contribution in [2.45, 2.75) is 24.9 Å². The van der Waals surface area contributed by atoms with E-state index in [-0.39, 0.29) is 35.6 Å². The van der Waals surface area contributed by atoms with Gasteiger partial charge >= 0.3 is 0 Å².